The highest BCUT2D eigenvalue weighted by molar-refractivity contribution is 4.79. The highest BCUT2D eigenvalue weighted by atomic mass is 16.3. The van der Waals surface area contributed by atoms with Crippen LogP contribution in [0.1, 0.15) is 20.8 Å². The molecule has 0 aromatic rings. The quantitative estimate of drug-likeness (QED) is 0.606. The van der Waals surface area contributed by atoms with Gasteiger partial charge in [0.1, 0.15) is 0 Å². The van der Waals surface area contributed by atoms with Crippen LogP contribution in [-0.4, -0.2) is 35.2 Å². The van der Waals surface area contributed by atoms with Crippen LogP contribution in [0.15, 0.2) is 0 Å². The molecule has 0 aliphatic heterocycles. The van der Waals surface area contributed by atoms with Crippen LogP contribution in [0, 0.1) is 11.3 Å². The maximum absolute atomic E-state index is 9.05. The van der Waals surface area contributed by atoms with E-state index in [0.29, 0.717) is 19.1 Å². The van der Waals surface area contributed by atoms with Crippen LogP contribution >= 0.6 is 0 Å². The predicted molar refractivity (Wildman–Crippen MR) is 44.0 cm³/mol. The molecule has 0 aliphatic carbocycles. The molecule has 0 bridgehead atoms. The Kier molecular flexibility index (Phi) is 4.84. The molecule has 0 aromatic carbocycles. The summed E-state index contributed by atoms with van der Waals surface area (Å²) < 4.78 is 0. The summed E-state index contributed by atoms with van der Waals surface area (Å²) in [6, 6.07) is 2.39. The Labute approximate surface area is 68.2 Å². The molecule has 0 aromatic heterocycles. The number of rotatable bonds is 4. The number of nitrogens with zero attached hydrogens (tertiary/aromatic N) is 2. The molecule has 1 unspecified atom stereocenters. The van der Waals surface area contributed by atoms with Gasteiger partial charge >= 0.3 is 0 Å². The van der Waals surface area contributed by atoms with Gasteiger partial charge in [0.15, 0.2) is 0 Å². The van der Waals surface area contributed by atoms with Crippen molar-refractivity contribution in [1.29, 1.82) is 5.26 Å². The van der Waals surface area contributed by atoms with Crippen molar-refractivity contribution in [2.24, 2.45) is 0 Å². The second kappa shape index (κ2) is 5.11. The lowest BCUT2D eigenvalue weighted by Crippen LogP contribution is -2.36. The first-order chi connectivity index (χ1) is 5.07. The maximum Gasteiger partial charge on any atom is 0.0869 e. The van der Waals surface area contributed by atoms with Crippen molar-refractivity contribution in [3.05, 3.63) is 0 Å². The minimum atomic E-state index is -0.356. The van der Waals surface area contributed by atoms with Gasteiger partial charge in [0.25, 0.3) is 0 Å². The van der Waals surface area contributed by atoms with E-state index in [1.807, 2.05) is 18.7 Å². The molecule has 0 saturated heterocycles. The van der Waals surface area contributed by atoms with Crippen LogP contribution in [0.5, 0.6) is 0 Å². The third-order valence-electron chi connectivity index (χ3n) is 1.50. The SMILES string of the molecule is CC(O)CN(CC#N)C(C)C. The first kappa shape index (κ1) is 10.4. The van der Waals surface area contributed by atoms with E-state index >= 15 is 0 Å². The fourth-order valence-electron chi connectivity index (χ4n) is 0.888. The third-order valence-corrected chi connectivity index (χ3v) is 1.50. The van der Waals surface area contributed by atoms with E-state index in [2.05, 4.69) is 6.07 Å². The molecule has 0 radical (unpaired) electrons. The number of aliphatic hydroxyl groups excluding tert-OH is 1. The molecule has 0 rings (SSSR count). The summed E-state index contributed by atoms with van der Waals surface area (Å²) in [5.41, 5.74) is 0. The molecule has 3 nitrogen and oxygen atoms in total. The summed E-state index contributed by atoms with van der Waals surface area (Å²) in [6.07, 6.45) is -0.356. The Balaban J connectivity index is 3.81. The number of aliphatic hydroxyl groups is 1. The molecule has 0 saturated carbocycles. The van der Waals surface area contributed by atoms with Gasteiger partial charge < -0.3 is 5.11 Å². The zero-order valence-electron chi connectivity index (χ0n) is 7.41. The molecule has 0 aliphatic rings. The second-order valence-corrected chi connectivity index (χ2v) is 3.03. The van der Waals surface area contributed by atoms with E-state index in [1.54, 1.807) is 6.92 Å². The van der Waals surface area contributed by atoms with Crippen molar-refractivity contribution in [3.63, 3.8) is 0 Å². The Morgan fingerprint density at radius 1 is 1.45 bits per heavy atom. The Morgan fingerprint density at radius 3 is 2.27 bits per heavy atom. The van der Waals surface area contributed by atoms with Gasteiger partial charge in [-0.05, 0) is 20.8 Å². The van der Waals surface area contributed by atoms with E-state index in [0.717, 1.165) is 0 Å². The molecule has 0 amide bonds. The first-order valence-electron chi connectivity index (χ1n) is 3.87. The third kappa shape index (κ3) is 4.77. The van der Waals surface area contributed by atoms with Gasteiger partial charge in [-0.3, -0.25) is 4.90 Å². The lowest BCUT2D eigenvalue weighted by atomic mass is 10.3. The number of hydrogen-bond acceptors (Lipinski definition) is 3. The smallest absolute Gasteiger partial charge is 0.0869 e. The van der Waals surface area contributed by atoms with E-state index in [4.69, 9.17) is 10.4 Å². The van der Waals surface area contributed by atoms with Crippen LogP contribution < -0.4 is 0 Å². The normalized spacial score (nSPS) is 13.5. The molecule has 1 atom stereocenters. The van der Waals surface area contributed by atoms with Crippen molar-refractivity contribution < 1.29 is 5.11 Å². The van der Waals surface area contributed by atoms with Crippen molar-refractivity contribution in [2.45, 2.75) is 32.9 Å². The van der Waals surface area contributed by atoms with Crippen molar-refractivity contribution >= 4 is 0 Å². The molecule has 64 valence electrons. The van der Waals surface area contributed by atoms with Crippen LogP contribution in [0.4, 0.5) is 0 Å². The summed E-state index contributed by atoms with van der Waals surface area (Å²) in [7, 11) is 0. The predicted octanol–water partition coefficient (Wildman–Crippen LogP) is 0.601. The lowest BCUT2D eigenvalue weighted by Gasteiger charge is -2.24. The largest absolute Gasteiger partial charge is 0.392 e. The van der Waals surface area contributed by atoms with Gasteiger partial charge in [-0.1, -0.05) is 0 Å². The Hall–Kier alpha value is -0.590. The van der Waals surface area contributed by atoms with Gasteiger partial charge in [0, 0.05) is 12.6 Å². The van der Waals surface area contributed by atoms with Crippen molar-refractivity contribution in [1.82, 2.24) is 4.90 Å². The van der Waals surface area contributed by atoms with Crippen molar-refractivity contribution in [3.8, 4) is 6.07 Å². The fourth-order valence-corrected chi connectivity index (χ4v) is 0.888. The summed E-state index contributed by atoms with van der Waals surface area (Å²) >= 11 is 0. The van der Waals surface area contributed by atoms with Gasteiger partial charge in [-0.15, -0.1) is 0 Å². The molecule has 3 heteroatoms. The minimum absolute atomic E-state index is 0.323. The van der Waals surface area contributed by atoms with Gasteiger partial charge in [-0.2, -0.15) is 5.26 Å². The molecule has 0 heterocycles. The van der Waals surface area contributed by atoms with Crippen molar-refractivity contribution in [2.75, 3.05) is 13.1 Å². The highest BCUT2D eigenvalue weighted by Crippen LogP contribution is 1.98. The van der Waals surface area contributed by atoms with Crippen LogP contribution in [0.3, 0.4) is 0 Å². The number of hydrogen-bond donors (Lipinski definition) is 1. The zero-order valence-corrected chi connectivity index (χ0v) is 7.41. The molecular weight excluding hydrogens is 140 g/mol. The second-order valence-electron chi connectivity index (χ2n) is 3.03. The fraction of sp³-hybridized carbons (Fsp3) is 0.875. The molecular formula is C8H16N2O. The zero-order chi connectivity index (χ0) is 8.85. The van der Waals surface area contributed by atoms with E-state index in [9.17, 15) is 0 Å². The first-order valence-corrected chi connectivity index (χ1v) is 3.87. The Bertz CT molecular complexity index is 138. The van der Waals surface area contributed by atoms with Gasteiger partial charge in [0.2, 0.25) is 0 Å². The summed E-state index contributed by atoms with van der Waals surface area (Å²) in [4.78, 5) is 1.94. The Morgan fingerprint density at radius 2 is 2.00 bits per heavy atom. The van der Waals surface area contributed by atoms with Gasteiger partial charge in [0.05, 0.1) is 18.7 Å². The van der Waals surface area contributed by atoms with E-state index in [-0.39, 0.29) is 6.10 Å². The monoisotopic (exact) mass is 156 g/mol. The number of nitriles is 1. The van der Waals surface area contributed by atoms with Crippen LogP contribution in [0.2, 0.25) is 0 Å². The molecule has 11 heavy (non-hydrogen) atoms. The summed E-state index contributed by atoms with van der Waals surface area (Å²) in [5.74, 6) is 0. The van der Waals surface area contributed by atoms with E-state index < -0.39 is 0 Å². The topological polar surface area (TPSA) is 47.3 Å². The van der Waals surface area contributed by atoms with Gasteiger partial charge in [-0.25, -0.2) is 0 Å². The molecule has 1 N–H and O–H groups in total. The summed E-state index contributed by atoms with van der Waals surface area (Å²) in [6.45, 7) is 6.72. The van der Waals surface area contributed by atoms with E-state index in [1.165, 1.54) is 0 Å². The van der Waals surface area contributed by atoms with Crippen LogP contribution in [0.25, 0.3) is 0 Å². The average molecular weight is 156 g/mol. The maximum atomic E-state index is 9.05. The highest BCUT2D eigenvalue weighted by Gasteiger charge is 2.10. The molecule has 0 fully saturated rings. The average Bonchev–Trinajstić information content (AvgIpc) is 1.86. The standard InChI is InChI=1S/C8H16N2O/c1-7(2)10(5-4-9)6-8(3)11/h7-8,11H,5-6H2,1-3H3. The lowest BCUT2D eigenvalue weighted by molar-refractivity contribution is 0.117. The van der Waals surface area contributed by atoms with Crippen LogP contribution in [-0.2, 0) is 0 Å². The minimum Gasteiger partial charge on any atom is -0.392 e. The molecule has 0 spiro atoms. The summed E-state index contributed by atoms with van der Waals surface area (Å²) in [5, 5.41) is 17.5.